The van der Waals surface area contributed by atoms with Crippen LogP contribution in [0.2, 0.25) is 36.3 Å². The highest BCUT2D eigenvalue weighted by atomic mass is 28.4. The van der Waals surface area contributed by atoms with E-state index in [0.717, 1.165) is 19.1 Å². The molecule has 3 nitrogen and oxygen atoms in total. The molecule has 0 aromatic rings. The fourth-order valence-electron chi connectivity index (χ4n) is 7.39. The summed E-state index contributed by atoms with van der Waals surface area (Å²) < 4.78 is 14.1. The molecule has 242 valence electrons. The van der Waals surface area contributed by atoms with Gasteiger partial charge in [-0.2, -0.15) is 0 Å². The van der Waals surface area contributed by atoms with Crippen molar-refractivity contribution >= 4 is 22.9 Å². The minimum atomic E-state index is -1.98. The monoisotopic (exact) mass is 624 g/mol. The summed E-state index contributed by atoms with van der Waals surface area (Å²) in [6, 6.07) is 0. The van der Waals surface area contributed by atoms with Crippen LogP contribution < -0.4 is 0 Å². The zero-order chi connectivity index (χ0) is 32.4. The lowest BCUT2D eigenvalue weighted by Gasteiger charge is -2.45. The second-order valence-electron chi connectivity index (χ2n) is 17.1. The molecule has 3 aliphatic carbocycles. The van der Waals surface area contributed by atoms with Crippen LogP contribution >= 0.6 is 0 Å². The van der Waals surface area contributed by atoms with Crippen molar-refractivity contribution in [1.29, 1.82) is 0 Å². The summed E-state index contributed by atoms with van der Waals surface area (Å²) in [4.78, 5) is 10.7. The summed E-state index contributed by atoms with van der Waals surface area (Å²) in [5, 5.41) is 0.320. The van der Waals surface area contributed by atoms with Gasteiger partial charge in [-0.1, -0.05) is 97.9 Å². The largest absolute Gasteiger partial charge is 0.413 e. The van der Waals surface area contributed by atoms with Crippen molar-refractivity contribution in [2.75, 3.05) is 0 Å². The molecule has 0 saturated heterocycles. The van der Waals surface area contributed by atoms with E-state index in [1.807, 2.05) is 6.08 Å². The van der Waals surface area contributed by atoms with E-state index in [1.54, 1.807) is 11.6 Å². The molecule has 0 bridgehead atoms. The molecule has 0 aromatic heterocycles. The summed E-state index contributed by atoms with van der Waals surface area (Å²) in [6.45, 7) is 33.0. The normalized spacial score (nSPS) is 32.2. The van der Waals surface area contributed by atoms with E-state index in [4.69, 9.17) is 8.85 Å². The number of allylic oxidation sites excluding steroid dienone is 7. The maximum Gasteiger partial charge on any atom is 0.192 e. The SMILES string of the molecule is C=C1/C(=C\C=C2/CCC[C@]3(C)[C@@H]([C@H](C)/C=C/C=CC=O)CC[C@@H]23)C[C@@H](O[Si](C)(C)C(C)(C)C)C[C@@H]1O[Si](C)(C)C(C)(C)C. The van der Waals surface area contributed by atoms with E-state index in [1.165, 1.54) is 43.3 Å². The maximum atomic E-state index is 10.7. The van der Waals surface area contributed by atoms with Gasteiger partial charge in [-0.25, -0.2) is 0 Å². The van der Waals surface area contributed by atoms with Crippen LogP contribution in [0.5, 0.6) is 0 Å². The van der Waals surface area contributed by atoms with E-state index < -0.39 is 16.6 Å². The Kier molecular flexibility index (Phi) is 11.5. The number of aldehydes is 1. The predicted molar refractivity (Wildman–Crippen MR) is 190 cm³/mol. The Labute approximate surface area is 267 Å². The molecule has 43 heavy (non-hydrogen) atoms. The number of hydrogen-bond donors (Lipinski definition) is 0. The van der Waals surface area contributed by atoms with Crippen LogP contribution in [0.25, 0.3) is 0 Å². The highest BCUT2D eigenvalue weighted by molar-refractivity contribution is 6.74. The summed E-state index contributed by atoms with van der Waals surface area (Å²) >= 11 is 0. The van der Waals surface area contributed by atoms with Gasteiger partial charge in [0.25, 0.3) is 0 Å². The van der Waals surface area contributed by atoms with Gasteiger partial charge < -0.3 is 8.85 Å². The molecular weight excluding hydrogens is 561 g/mol. The van der Waals surface area contributed by atoms with Crippen molar-refractivity contribution in [3.63, 3.8) is 0 Å². The van der Waals surface area contributed by atoms with Gasteiger partial charge in [0, 0.05) is 6.42 Å². The van der Waals surface area contributed by atoms with Crippen LogP contribution in [0.1, 0.15) is 100 Å². The standard InChI is InChI=1S/C38H64O3Si2/c1-28(18-15-14-16-25-39)33-22-23-34-30(19-17-24-38(33,34)9)20-21-31-26-32(40-42(10,11)36(3,4)5)27-35(29(31)2)41-43(12,13)37(6,7)8/h14-16,18,20-21,25,28,32-35H,2,17,19,22-24,26-27H2,1,3-13H3/b16-14?,18-15+,30-20+,31-21-/t28-,32-,33-,34+,35+,38-/m1/s1. The van der Waals surface area contributed by atoms with Gasteiger partial charge in [-0.05, 0) is 115 Å². The molecule has 3 aliphatic rings. The minimum Gasteiger partial charge on any atom is -0.413 e. The van der Waals surface area contributed by atoms with Gasteiger partial charge in [-0.15, -0.1) is 0 Å². The zero-order valence-corrected chi connectivity index (χ0v) is 31.8. The lowest BCUT2D eigenvalue weighted by molar-refractivity contribution is -0.104. The van der Waals surface area contributed by atoms with Crippen molar-refractivity contribution in [1.82, 2.24) is 0 Å². The number of fused-ring (bicyclic) bond motifs is 1. The van der Waals surface area contributed by atoms with E-state index in [2.05, 4.69) is 112 Å². The van der Waals surface area contributed by atoms with Crippen molar-refractivity contribution in [3.05, 3.63) is 59.8 Å². The first-order valence-corrected chi connectivity index (χ1v) is 22.8. The molecule has 0 unspecified atom stereocenters. The smallest absolute Gasteiger partial charge is 0.192 e. The first kappa shape index (κ1) is 36.2. The lowest BCUT2D eigenvalue weighted by atomic mass is 9.61. The number of carbonyl (C=O) groups excluding carboxylic acids is 1. The predicted octanol–water partition coefficient (Wildman–Crippen LogP) is 11.1. The maximum absolute atomic E-state index is 10.7. The van der Waals surface area contributed by atoms with Crippen LogP contribution in [0, 0.1) is 23.2 Å². The molecule has 3 saturated carbocycles. The fraction of sp³-hybridized carbons (Fsp3) is 0.711. The second-order valence-corrected chi connectivity index (χ2v) is 26.6. The van der Waals surface area contributed by atoms with E-state index >= 15 is 0 Å². The van der Waals surface area contributed by atoms with Crippen LogP contribution in [-0.4, -0.2) is 35.1 Å². The first-order valence-electron chi connectivity index (χ1n) is 17.0. The van der Waals surface area contributed by atoms with Crippen LogP contribution in [0.4, 0.5) is 0 Å². The Morgan fingerprint density at radius 1 is 0.930 bits per heavy atom. The van der Waals surface area contributed by atoms with Gasteiger partial charge in [0.2, 0.25) is 0 Å². The Bertz CT molecular complexity index is 1130. The van der Waals surface area contributed by atoms with Crippen molar-refractivity contribution in [2.24, 2.45) is 23.2 Å². The number of carbonyl (C=O) groups is 1. The summed E-state index contributed by atoms with van der Waals surface area (Å²) in [7, 11) is -3.91. The minimum absolute atomic E-state index is 0.0162. The quantitative estimate of drug-likeness (QED) is 0.111. The van der Waals surface area contributed by atoms with Crippen molar-refractivity contribution < 1.29 is 13.6 Å². The molecule has 0 N–H and O–H groups in total. The second kappa shape index (κ2) is 13.6. The Morgan fingerprint density at radius 3 is 2.16 bits per heavy atom. The molecular formula is C38H64O3Si2. The molecule has 0 aliphatic heterocycles. The third kappa shape index (κ3) is 8.31. The van der Waals surface area contributed by atoms with Crippen LogP contribution in [-0.2, 0) is 13.6 Å². The molecule has 0 radical (unpaired) electrons. The van der Waals surface area contributed by atoms with Gasteiger partial charge in [-0.3, -0.25) is 4.79 Å². The first-order chi connectivity index (χ1) is 19.7. The molecule has 5 heteroatoms. The van der Waals surface area contributed by atoms with E-state index in [9.17, 15) is 4.79 Å². The average molecular weight is 625 g/mol. The van der Waals surface area contributed by atoms with Crippen LogP contribution in [0.3, 0.4) is 0 Å². The Balaban J connectivity index is 1.90. The average Bonchev–Trinajstić information content (AvgIpc) is 3.23. The molecule has 3 rings (SSSR count). The summed E-state index contributed by atoms with van der Waals surface area (Å²) in [5.74, 6) is 1.81. The van der Waals surface area contributed by atoms with Gasteiger partial charge in [0.05, 0.1) is 12.2 Å². The Hall–Kier alpha value is -1.28. The molecule has 3 fully saturated rings. The molecule has 0 aromatic carbocycles. The molecule has 0 heterocycles. The number of rotatable bonds is 9. The fourth-order valence-corrected chi connectivity index (χ4v) is 10.1. The third-order valence-corrected chi connectivity index (χ3v) is 21.1. The molecule has 0 spiro atoms. The highest BCUT2D eigenvalue weighted by Crippen LogP contribution is 2.59. The van der Waals surface area contributed by atoms with Crippen molar-refractivity contribution in [2.45, 2.75) is 149 Å². The topological polar surface area (TPSA) is 35.5 Å². The van der Waals surface area contributed by atoms with Crippen molar-refractivity contribution in [3.8, 4) is 0 Å². The highest BCUT2D eigenvalue weighted by Gasteiger charge is 2.50. The van der Waals surface area contributed by atoms with Gasteiger partial charge >= 0.3 is 0 Å². The van der Waals surface area contributed by atoms with E-state index in [-0.39, 0.29) is 22.3 Å². The van der Waals surface area contributed by atoms with Gasteiger partial charge in [0.1, 0.15) is 6.29 Å². The third-order valence-electron chi connectivity index (χ3n) is 12.1. The van der Waals surface area contributed by atoms with Crippen LogP contribution in [0.15, 0.2) is 59.8 Å². The Morgan fingerprint density at radius 2 is 1.56 bits per heavy atom. The summed E-state index contributed by atoms with van der Waals surface area (Å²) in [5.41, 5.74) is 4.45. The molecule has 6 atom stereocenters. The van der Waals surface area contributed by atoms with E-state index in [0.29, 0.717) is 23.2 Å². The zero-order valence-electron chi connectivity index (χ0n) is 29.8. The summed E-state index contributed by atoms with van der Waals surface area (Å²) in [6.07, 6.45) is 21.8. The molecule has 0 amide bonds. The number of hydrogen-bond acceptors (Lipinski definition) is 3. The van der Waals surface area contributed by atoms with Gasteiger partial charge in [0.15, 0.2) is 16.6 Å². The lowest BCUT2D eigenvalue weighted by Crippen LogP contribution is -2.49.